The van der Waals surface area contributed by atoms with Crippen LogP contribution in [-0.4, -0.2) is 18.0 Å². The lowest BCUT2D eigenvalue weighted by atomic mass is 9.98. The van der Waals surface area contributed by atoms with Crippen molar-refractivity contribution < 1.29 is 14.4 Å². The summed E-state index contributed by atoms with van der Waals surface area (Å²) < 4.78 is 0. The van der Waals surface area contributed by atoms with Crippen molar-refractivity contribution in [3.05, 3.63) is 34.9 Å². The number of rotatable bonds is 2. The molecule has 1 aliphatic heterocycles. The van der Waals surface area contributed by atoms with Gasteiger partial charge in [0.1, 0.15) is 6.29 Å². The minimum absolute atomic E-state index is 0.350. The lowest BCUT2D eigenvalue weighted by Gasteiger charge is -2.05. The highest BCUT2D eigenvalue weighted by atomic mass is 16.2. The number of hydrogen-bond acceptors (Lipinski definition) is 3. The predicted molar refractivity (Wildman–Crippen MR) is 59.2 cm³/mol. The molecule has 2 rings (SSSR count). The Labute approximate surface area is 92.0 Å². The van der Waals surface area contributed by atoms with Gasteiger partial charge >= 0.3 is 0 Å². The first-order valence-corrected chi connectivity index (χ1v) is 4.76. The normalized spacial score (nSPS) is 14.1. The fourth-order valence-corrected chi connectivity index (χ4v) is 1.72. The van der Waals surface area contributed by atoms with Gasteiger partial charge in [-0.05, 0) is 30.2 Å². The predicted octanol–water partition coefficient (Wildman–Crippen LogP) is 1.34. The number of aryl methyl sites for hydroxylation is 1. The molecule has 4 nitrogen and oxygen atoms in total. The van der Waals surface area contributed by atoms with E-state index in [4.69, 9.17) is 0 Å². The third kappa shape index (κ3) is 1.44. The minimum Gasteiger partial charge on any atom is -0.318 e. The van der Waals surface area contributed by atoms with Crippen LogP contribution in [0.1, 0.15) is 21.5 Å². The molecule has 1 aromatic carbocycles. The number of ketones is 1. The largest absolute Gasteiger partial charge is 0.318 e. The van der Waals surface area contributed by atoms with Crippen LogP contribution < -0.4 is 5.32 Å². The fraction of sp³-hybridized carbons (Fsp3) is 0.0833. The summed E-state index contributed by atoms with van der Waals surface area (Å²) in [5, 5.41) is 2.48. The summed E-state index contributed by atoms with van der Waals surface area (Å²) in [6.45, 7) is 1.82. The van der Waals surface area contributed by atoms with Crippen LogP contribution in [0.4, 0.5) is 5.69 Å². The molecule has 0 aromatic heterocycles. The van der Waals surface area contributed by atoms with E-state index in [0.29, 0.717) is 23.1 Å². The van der Waals surface area contributed by atoms with Crippen LogP contribution in [0.5, 0.6) is 0 Å². The molecule has 1 aromatic rings. The van der Waals surface area contributed by atoms with Crippen LogP contribution in [0.15, 0.2) is 18.2 Å². The average Bonchev–Trinajstić information content (AvgIpc) is 2.55. The van der Waals surface area contributed by atoms with Gasteiger partial charge in [-0.25, -0.2) is 0 Å². The monoisotopic (exact) mass is 215 g/mol. The zero-order valence-corrected chi connectivity index (χ0v) is 8.61. The summed E-state index contributed by atoms with van der Waals surface area (Å²) in [4.78, 5) is 33.1. The molecule has 0 spiro atoms. The second-order valence-electron chi connectivity index (χ2n) is 3.50. The van der Waals surface area contributed by atoms with Gasteiger partial charge in [-0.2, -0.15) is 0 Å². The molecule has 1 heterocycles. The molecular formula is C12H9NO3. The average molecular weight is 215 g/mol. The van der Waals surface area contributed by atoms with Crippen molar-refractivity contribution in [1.82, 2.24) is 0 Å². The van der Waals surface area contributed by atoms with Crippen molar-refractivity contribution in [3.63, 3.8) is 0 Å². The Kier molecular flexibility index (Phi) is 2.40. The molecule has 0 radical (unpaired) electrons. The number of allylic oxidation sites excluding steroid dienone is 1. The third-order valence-electron chi connectivity index (χ3n) is 2.49. The van der Waals surface area contributed by atoms with Crippen LogP contribution in [0, 0.1) is 6.92 Å². The van der Waals surface area contributed by atoms with Gasteiger partial charge in [0, 0.05) is 0 Å². The molecular weight excluding hydrogens is 206 g/mol. The molecule has 1 amide bonds. The molecule has 16 heavy (non-hydrogen) atoms. The summed E-state index contributed by atoms with van der Waals surface area (Å²) in [5.74, 6) is -1.18. The number of aldehydes is 1. The molecule has 0 fully saturated rings. The van der Waals surface area contributed by atoms with E-state index in [1.165, 1.54) is 6.08 Å². The molecule has 0 unspecified atom stereocenters. The van der Waals surface area contributed by atoms with Gasteiger partial charge < -0.3 is 5.32 Å². The quantitative estimate of drug-likeness (QED) is 0.460. The van der Waals surface area contributed by atoms with E-state index in [1.807, 2.05) is 6.92 Å². The van der Waals surface area contributed by atoms with Crippen LogP contribution in [0.2, 0.25) is 0 Å². The van der Waals surface area contributed by atoms with Gasteiger partial charge in [-0.1, -0.05) is 12.1 Å². The summed E-state index contributed by atoms with van der Waals surface area (Å²) >= 11 is 0. The highest BCUT2D eigenvalue weighted by Gasteiger charge is 2.30. The highest BCUT2D eigenvalue weighted by Crippen LogP contribution is 2.29. The zero-order chi connectivity index (χ0) is 11.7. The van der Waals surface area contributed by atoms with Crippen LogP contribution in [0.3, 0.4) is 0 Å². The van der Waals surface area contributed by atoms with Crippen molar-refractivity contribution in [2.24, 2.45) is 0 Å². The van der Waals surface area contributed by atoms with E-state index in [9.17, 15) is 14.4 Å². The second-order valence-corrected chi connectivity index (χ2v) is 3.50. The lowest BCUT2D eigenvalue weighted by molar-refractivity contribution is -0.112. The maximum absolute atomic E-state index is 11.6. The Balaban J connectivity index is 2.65. The standard InChI is InChI=1S/C12H9NO3/c1-7-4-5-9-10(8(7)3-2-6-14)11(15)12(16)13-9/h2-6H,1H3,(H,13,15,16). The van der Waals surface area contributed by atoms with E-state index >= 15 is 0 Å². The van der Waals surface area contributed by atoms with E-state index in [-0.39, 0.29) is 0 Å². The van der Waals surface area contributed by atoms with Gasteiger partial charge in [0.25, 0.3) is 11.7 Å². The summed E-state index contributed by atoms with van der Waals surface area (Å²) in [7, 11) is 0. The molecule has 0 saturated carbocycles. The van der Waals surface area contributed by atoms with Gasteiger partial charge in [0.15, 0.2) is 0 Å². The molecule has 0 saturated heterocycles. The second kappa shape index (κ2) is 3.73. The van der Waals surface area contributed by atoms with Crippen molar-refractivity contribution in [1.29, 1.82) is 0 Å². The summed E-state index contributed by atoms with van der Waals surface area (Å²) in [6, 6.07) is 3.48. The molecule has 0 atom stereocenters. The van der Waals surface area contributed by atoms with Gasteiger partial charge in [-0.15, -0.1) is 0 Å². The number of anilines is 1. The Bertz CT molecular complexity index is 529. The maximum Gasteiger partial charge on any atom is 0.296 e. The van der Waals surface area contributed by atoms with Gasteiger partial charge in [0.2, 0.25) is 0 Å². The zero-order valence-electron chi connectivity index (χ0n) is 8.61. The molecule has 1 N–H and O–H groups in total. The topological polar surface area (TPSA) is 63.2 Å². The number of benzene rings is 1. The molecule has 0 bridgehead atoms. The van der Waals surface area contributed by atoms with Crippen LogP contribution >= 0.6 is 0 Å². The number of nitrogens with one attached hydrogen (secondary N) is 1. The third-order valence-corrected chi connectivity index (χ3v) is 2.49. The first-order chi connectivity index (χ1) is 7.65. The van der Waals surface area contributed by atoms with E-state index in [1.54, 1.807) is 18.2 Å². The van der Waals surface area contributed by atoms with Crippen molar-refractivity contribution in [2.45, 2.75) is 6.92 Å². The van der Waals surface area contributed by atoms with E-state index < -0.39 is 11.7 Å². The smallest absolute Gasteiger partial charge is 0.296 e. The molecule has 80 valence electrons. The van der Waals surface area contributed by atoms with Crippen LogP contribution in [-0.2, 0) is 9.59 Å². The molecule has 0 aliphatic carbocycles. The maximum atomic E-state index is 11.6. The van der Waals surface area contributed by atoms with Crippen molar-refractivity contribution in [3.8, 4) is 0 Å². The van der Waals surface area contributed by atoms with E-state index in [2.05, 4.69) is 5.32 Å². The van der Waals surface area contributed by atoms with Crippen LogP contribution in [0.25, 0.3) is 6.08 Å². The summed E-state index contributed by atoms with van der Waals surface area (Å²) in [6.07, 6.45) is 3.48. The summed E-state index contributed by atoms with van der Waals surface area (Å²) in [5.41, 5.74) is 2.32. The Morgan fingerprint density at radius 1 is 1.25 bits per heavy atom. The number of carbonyl (C=O) groups excluding carboxylic acids is 3. The molecule has 4 heteroatoms. The van der Waals surface area contributed by atoms with Crippen molar-refractivity contribution in [2.75, 3.05) is 5.32 Å². The fourth-order valence-electron chi connectivity index (χ4n) is 1.72. The number of amides is 1. The number of hydrogen-bond donors (Lipinski definition) is 1. The number of carbonyl (C=O) groups is 3. The van der Waals surface area contributed by atoms with Gasteiger partial charge in [-0.3, -0.25) is 14.4 Å². The van der Waals surface area contributed by atoms with Gasteiger partial charge in [0.05, 0.1) is 11.3 Å². The Hall–Kier alpha value is -2.23. The Morgan fingerprint density at radius 2 is 2.00 bits per heavy atom. The van der Waals surface area contributed by atoms with E-state index in [0.717, 1.165) is 5.56 Å². The highest BCUT2D eigenvalue weighted by molar-refractivity contribution is 6.52. The first kappa shape index (κ1) is 10.3. The number of Topliss-reactive ketones (excluding diaryl/α,β-unsaturated/α-hetero) is 1. The minimum atomic E-state index is -0.624. The Morgan fingerprint density at radius 3 is 2.69 bits per heavy atom. The first-order valence-electron chi connectivity index (χ1n) is 4.76. The lowest BCUT2D eigenvalue weighted by Crippen LogP contribution is -2.13. The SMILES string of the molecule is Cc1ccc2c(c1C=CC=O)C(=O)C(=O)N2. The number of fused-ring (bicyclic) bond motifs is 1. The molecule has 1 aliphatic rings. The van der Waals surface area contributed by atoms with Crippen molar-refractivity contribution >= 4 is 29.7 Å².